The standard InChI is InChI=1S/C14H21BrO3Si/c1-11-7-14(12(9-16)8-13(11)15)18-10-17-5-6-19(2,3)4/h7-9H,5-6,10H2,1-4H3. The third kappa shape index (κ3) is 5.89. The zero-order chi connectivity index (χ0) is 14.5. The second kappa shape index (κ2) is 7.22. The van der Waals surface area contributed by atoms with Gasteiger partial charge in [-0.3, -0.25) is 4.79 Å². The summed E-state index contributed by atoms with van der Waals surface area (Å²) in [5.41, 5.74) is 1.56. The fourth-order valence-electron chi connectivity index (χ4n) is 1.43. The minimum Gasteiger partial charge on any atom is -0.467 e. The fraction of sp³-hybridized carbons (Fsp3) is 0.500. The van der Waals surface area contributed by atoms with Gasteiger partial charge in [0, 0.05) is 19.2 Å². The van der Waals surface area contributed by atoms with Crippen LogP contribution in [0.4, 0.5) is 0 Å². The number of hydrogen-bond donors (Lipinski definition) is 0. The van der Waals surface area contributed by atoms with Gasteiger partial charge in [-0.15, -0.1) is 0 Å². The van der Waals surface area contributed by atoms with Gasteiger partial charge in [0.25, 0.3) is 0 Å². The number of halogens is 1. The fourth-order valence-corrected chi connectivity index (χ4v) is 2.55. The van der Waals surface area contributed by atoms with E-state index in [0.29, 0.717) is 17.9 Å². The maximum atomic E-state index is 11.0. The van der Waals surface area contributed by atoms with Crippen molar-refractivity contribution < 1.29 is 14.3 Å². The third-order valence-corrected chi connectivity index (χ3v) is 5.27. The van der Waals surface area contributed by atoms with Crippen molar-refractivity contribution >= 4 is 30.3 Å². The van der Waals surface area contributed by atoms with Crippen molar-refractivity contribution in [2.45, 2.75) is 32.6 Å². The van der Waals surface area contributed by atoms with Crippen LogP contribution in [-0.2, 0) is 4.74 Å². The highest BCUT2D eigenvalue weighted by atomic mass is 79.9. The van der Waals surface area contributed by atoms with Crippen molar-refractivity contribution in [3.05, 3.63) is 27.7 Å². The minimum atomic E-state index is -1.06. The van der Waals surface area contributed by atoms with Gasteiger partial charge >= 0.3 is 0 Å². The topological polar surface area (TPSA) is 35.5 Å². The van der Waals surface area contributed by atoms with Gasteiger partial charge in [0.1, 0.15) is 5.75 Å². The molecule has 1 aromatic rings. The Labute approximate surface area is 124 Å². The van der Waals surface area contributed by atoms with E-state index in [9.17, 15) is 4.79 Å². The zero-order valence-corrected chi connectivity index (χ0v) is 14.5. The lowest BCUT2D eigenvalue weighted by Crippen LogP contribution is -2.22. The van der Waals surface area contributed by atoms with Crippen LogP contribution in [0.5, 0.6) is 5.75 Å². The Balaban J connectivity index is 2.49. The molecule has 0 heterocycles. The maximum Gasteiger partial charge on any atom is 0.189 e. The molecular weight excluding hydrogens is 324 g/mol. The predicted molar refractivity (Wildman–Crippen MR) is 83.9 cm³/mol. The van der Waals surface area contributed by atoms with Gasteiger partial charge in [-0.1, -0.05) is 35.6 Å². The van der Waals surface area contributed by atoms with E-state index >= 15 is 0 Å². The lowest BCUT2D eigenvalue weighted by Gasteiger charge is -2.16. The van der Waals surface area contributed by atoms with Gasteiger partial charge in [-0.25, -0.2) is 0 Å². The van der Waals surface area contributed by atoms with Crippen LogP contribution in [0.1, 0.15) is 15.9 Å². The Hall–Kier alpha value is -0.653. The molecule has 0 fully saturated rings. The Morgan fingerprint density at radius 3 is 2.58 bits per heavy atom. The molecule has 0 aromatic heterocycles. The molecule has 106 valence electrons. The van der Waals surface area contributed by atoms with Gasteiger partial charge in [0.2, 0.25) is 0 Å². The molecule has 1 rings (SSSR count). The van der Waals surface area contributed by atoms with Crippen LogP contribution < -0.4 is 4.74 Å². The molecule has 0 N–H and O–H groups in total. The van der Waals surface area contributed by atoms with Crippen molar-refractivity contribution in [2.24, 2.45) is 0 Å². The summed E-state index contributed by atoms with van der Waals surface area (Å²) < 4.78 is 11.9. The van der Waals surface area contributed by atoms with E-state index in [-0.39, 0.29) is 6.79 Å². The molecule has 0 radical (unpaired) electrons. The van der Waals surface area contributed by atoms with Gasteiger partial charge in [-0.05, 0) is 30.7 Å². The van der Waals surface area contributed by atoms with Gasteiger partial charge in [0.05, 0.1) is 5.56 Å². The summed E-state index contributed by atoms with van der Waals surface area (Å²) in [5.74, 6) is 0.573. The number of rotatable bonds is 7. The normalized spacial score (nSPS) is 11.4. The minimum absolute atomic E-state index is 0.187. The van der Waals surface area contributed by atoms with E-state index in [2.05, 4.69) is 35.6 Å². The summed E-state index contributed by atoms with van der Waals surface area (Å²) in [4.78, 5) is 11.0. The van der Waals surface area contributed by atoms with Gasteiger partial charge in [0.15, 0.2) is 13.1 Å². The quantitative estimate of drug-likeness (QED) is 0.321. The second-order valence-corrected chi connectivity index (χ2v) is 12.2. The lowest BCUT2D eigenvalue weighted by molar-refractivity contribution is 0.0217. The number of benzene rings is 1. The van der Waals surface area contributed by atoms with Crippen LogP contribution in [0.3, 0.4) is 0 Å². The highest BCUT2D eigenvalue weighted by Crippen LogP contribution is 2.25. The van der Waals surface area contributed by atoms with E-state index in [1.807, 2.05) is 13.0 Å². The number of carbonyl (C=O) groups is 1. The van der Waals surface area contributed by atoms with Gasteiger partial charge in [-0.2, -0.15) is 0 Å². The van der Waals surface area contributed by atoms with Crippen LogP contribution in [-0.4, -0.2) is 27.8 Å². The summed E-state index contributed by atoms with van der Waals surface area (Å²) in [7, 11) is -1.06. The van der Waals surface area contributed by atoms with Crippen LogP contribution in [0.2, 0.25) is 25.7 Å². The summed E-state index contributed by atoms with van der Waals surface area (Å²) in [5, 5.41) is 0. The molecule has 19 heavy (non-hydrogen) atoms. The third-order valence-electron chi connectivity index (χ3n) is 2.71. The highest BCUT2D eigenvalue weighted by molar-refractivity contribution is 9.10. The molecule has 0 bridgehead atoms. The number of aldehydes is 1. The Kier molecular flexibility index (Phi) is 6.23. The molecule has 0 atom stereocenters. The van der Waals surface area contributed by atoms with E-state index in [1.165, 1.54) is 0 Å². The van der Waals surface area contributed by atoms with Gasteiger partial charge < -0.3 is 9.47 Å². The summed E-state index contributed by atoms with van der Waals surface area (Å²) >= 11 is 3.39. The molecular formula is C14H21BrO3Si. The monoisotopic (exact) mass is 344 g/mol. The summed E-state index contributed by atoms with van der Waals surface area (Å²) in [6, 6.07) is 4.71. The lowest BCUT2D eigenvalue weighted by atomic mass is 10.1. The second-order valence-electron chi connectivity index (χ2n) is 5.74. The molecule has 1 aromatic carbocycles. The SMILES string of the molecule is Cc1cc(OCOCC[Si](C)(C)C)c(C=O)cc1Br. The van der Waals surface area contributed by atoms with Crippen molar-refractivity contribution in [1.29, 1.82) is 0 Å². The van der Waals surface area contributed by atoms with Crippen molar-refractivity contribution in [2.75, 3.05) is 13.4 Å². The average molecular weight is 345 g/mol. The first-order chi connectivity index (χ1) is 8.83. The molecule has 0 spiro atoms. The van der Waals surface area contributed by atoms with E-state index in [0.717, 1.165) is 22.4 Å². The first-order valence-corrected chi connectivity index (χ1v) is 10.8. The molecule has 5 heteroatoms. The van der Waals surface area contributed by atoms with E-state index in [1.54, 1.807) is 6.07 Å². The van der Waals surface area contributed by atoms with Crippen LogP contribution in [0, 0.1) is 6.92 Å². The molecule has 0 saturated carbocycles. The largest absolute Gasteiger partial charge is 0.467 e. The number of ether oxygens (including phenoxy) is 2. The molecule has 3 nitrogen and oxygen atoms in total. The molecule has 0 aliphatic heterocycles. The average Bonchev–Trinajstić information content (AvgIpc) is 2.31. The molecule has 0 aliphatic carbocycles. The number of aryl methyl sites for hydroxylation is 1. The predicted octanol–water partition coefficient (Wildman–Crippen LogP) is 4.26. The highest BCUT2D eigenvalue weighted by Gasteiger charge is 2.12. The zero-order valence-electron chi connectivity index (χ0n) is 12.0. The Bertz CT molecular complexity index is 441. The van der Waals surface area contributed by atoms with Crippen molar-refractivity contribution in [1.82, 2.24) is 0 Å². The van der Waals surface area contributed by atoms with E-state index < -0.39 is 8.07 Å². The van der Waals surface area contributed by atoms with Crippen molar-refractivity contribution in [3.63, 3.8) is 0 Å². The molecule has 0 unspecified atom stereocenters. The van der Waals surface area contributed by atoms with Crippen LogP contribution in [0.25, 0.3) is 0 Å². The molecule has 0 amide bonds. The smallest absolute Gasteiger partial charge is 0.189 e. The molecule has 0 saturated heterocycles. The number of hydrogen-bond acceptors (Lipinski definition) is 3. The Morgan fingerprint density at radius 2 is 2.00 bits per heavy atom. The summed E-state index contributed by atoms with van der Waals surface area (Å²) in [6.45, 7) is 9.77. The van der Waals surface area contributed by atoms with Crippen molar-refractivity contribution in [3.8, 4) is 5.75 Å². The molecule has 0 aliphatic rings. The Morgan fingerprint density at radius 1 is 1.32 bits per heavy atom. The summed E-state index contributed by atoms with van der Waals surface area (Å²) in [6.07, 6.45) is 0.793. The number of carbonyl (C=O) groups excluding carboxylic acids is 1. The first kappa shape index (κ1) is 16.4. The van der Waals surface area contributed by atoms with Crippen LogP contribution >= 0.6 is 15.9 Å². The maximum absolute atomic E-state index is 11.0. The van der Waals surface area contributed by atoms with E-state index in [4.69, 9.17) is 9.47 Å². The van der Waals surface area contributed by atoms with Crippen LogP contribution in [0.15, 0.2) is 16.6 Å². The first-order valence-electron chi connectivity index (χ1n) is 6.29.